The van der Waals surface area contributed by atoms with Crippen molar-refractivity contribution in [3.63, 3.8) is 0 Å². The van der Waals surface area contributed by atoms with Gasteiger partial charge < -0.3 is 14.8 Å². The van der Waals surface area contributed by atoms with Crippen molar-refractivity contribution in [2.75, 3.05) is 13.2 Å². The summed E-state index contributed by atoms with van der Waals surface area (Å²) in [6, 6.07) is 15.9. The summed E-state index contributed by atoms with van der Waals surface area (Å²) in [5, 5.41) is 4.19. The molecule has 1 fully saturated rings. The second-order valence-corrected chi connectivity index (χ2v) is 6.26. The predicted octanol–water partition coefficient (Wildman–Crippen LogP) is 4.61. The summed E-state index contributed by atoms with van der Waals surface area (Å²) < 4.78 is 11.4. The fraction of sp³-hybridized carbons (Fsp3) is 0.368. The molecule has 5 heteroatoms. The molecule has 1 saturated heterocycles. The van der Waals surface area contributed by atoms with Crippen LogP contribution >= 0.6 is 24.0 Å². The molecule has 0 aliphatic carbocycles. The van der Waals surface area contributed by atoms with E-state index >= 15 is 0 Å². The Morgan fingerprint density at radius 1 is 1.04 bits per heavy atom. The van der Waals surface area contributed by atoms with Crippen molar-refractivity contribution in [2.24, 2.45) is 0 Å². The minimum Gasteiger partial charge on any atom is -0.489 e. The summed E-state index contributed by atoms with van der Waals surface area (Å²) in [6.45, 7) is 3.24. The fourth-order valence-electron chi connectivity index (χ4n) is 2.63. The second kappa shape index (κ2) is 9.90. The average molecular weight is 368 g/mol. The zero-order valence-corrected chi connectivity index (χ0v) is 15.1. The van der Waals surface area contributed by atoms with Crippen molar-refractivity contribution in [2.45, 2.75) is 32.1 Å². The Bertz CT molecular complexity index is 596. The Balaban J connectivity index is 0.00000208. The van der Waals surface area contributed by atoms with Crippen LogP contribution in [0.4, 0.5) is 0 Å². The molecular formula is C19H23Cl2NO2. The molecule has 130 valence electrons. The smallest absolute Gasteiger partial charge is 0.119 e. The highest BCUT2D eigenvalue weighted by Crippen LogP contribution is 2.16. The lowest BCUT2D eigenvalue weighted by molar-refractivity contribution is 0.110. The summed E-state index contributed by atoms with van der Waals surface area (Å²) in [7, 11) is 0. The highest BCUT2D eigenvalue weighted by molar-refractivity contribution is 6.30. The highest BCUT2D eigenvalue weighted by Gasteiger charge is 2.14. The van der Waals surface area contributed by atoms with Crippen molar-refractivity contribution < 1.29 is 9.47 Å². The van der Waals surface area contributed by atoms with E-state index < -0.39 is 0 Å². The van der Waals surface area contributed by atoms with Crippen LogP contribution in [0.25, 0.3) is 0 Å². The van der Waals surface area contributed by atoms with E-state index in [-0.39, 0.29) is 12.4 Å². The van der Waals surface area contributed by atoms with Gasteiger partial charge in [-0.15, -0.1) is 12.4 Å². The van der Waals surface area contributed by atoms with E-state index in [9.17, 15) is 0 Å². The summed E-state index contributed by atoms with van der Waals surface area (Å²) >= 11 is 5.87. The van der Waals surface area contributed by atoms with E-state index in [1.54, 1.807) is 0 Å². The Labute approximate surface area is 154 Å². The van der Waals surface area contributed by atoms with Gasteiger partial charge in [0.05, 0.1) is 6.10 Å². The van der Waals surface area contributed by atoms with Crippen LogP contribution in [0.2, 0.25) is 5.02 Å². The lowest BCUT2D eigenvalue weighted by Crippen LogP contribution is -2.25. The van der Waals surface area contributed by atoms with Crippen LogP contribution in [0, 0.1) is 0 Å². The number of nitrogens with one attached hydrogen (secondary N) is 1. The van der Waals surface area contributed by atoms with Gasteiger partial charge in [0.1, 0.15) is 12.4 Å². The molecule has 0 radical (unpaired) electrons. The molecule has 0 saturated carbocycles. The number of halogens is 2. The summed E-state index contributed by atoms with van der Waals surface area (Å²) in [5.74, 6) is 0.878. The van der Waals surface area contributed by atoms with Gasteiger partial charge in [0.25, 0.3) is 0 Å². The molecular weight excluding hydrogens is 345 g/mol. The molecule has 0 aromatic heterocycles. The van der Waals surface area contributed by atoms with E-state index in [2.05, 4.69) is 17.4 Å². The van der Waals surface area contributed by atoms with Crippen LogP contribution in [0.5, 0.6) is 5.75 Å². The fourth-order valence-corrected chi connectivity index (χ4v) is 2.76. The molecule has 0 amide bonds. The van der Waals surface area contributed by atoms with E-state index in [4.69, 9.17) is 21.1 Å². The number of hydrogen-bond acceptors (Lipinski definition) is 3. The molecule has 3 nitrogen and oxygen atoms in total. The van der Waals surface area contributed by atoms with Crippen LogP contribution < -0.4 is 10.1 Å². The maximum Gasteiger partial charge on any atom is 0.119 e. The quantitative estimate of drug-likeness (QED) is 0.774. The monoisotopic (exact) mass is 367 g/mol. The summed E-state index contributed by atoms with van der Waals surface area (Å²) in [5.41, 5.74) is 2.36. The standard InChI is InChI=1S/C19H22ClNO2.ClH/c20-17-7-3-16(4-8-17)14-23-18-9-5-15(6-10-18)12-21-13-19-2-1-11-22-19;/h3-10,19,21H,1-2,11-14H2;1H. The van der Waals surface area contributed by atoms with Crippen LogP contribution in [0.3, 0.4) is 0 Å². The second-order valence-electron chi connectivity index (χ2n) is 5.83. The molecule has 1 atom stereocenters. The first-order valence-corrected chi connectivity index (χ1v) is 8.46. The van der Waals surface area contributed by atoms with Gasteiger partial charge in [-0.3, -0.25) is 0 Å². The Morgan fingerprint density at radius 2 is 1.75 bits per heavy atom. The van der Waals surface area contributed by atoms with Gasteiger partial charge in [0, 0.05) is 24.7 Å². The van der Waals surface area contributed by atoms with Crippen molar-refractivity contribution >= 4 is 24.0 Å². The lowest BCUT2D eigenvalue weighted by Gasteiger charge is -2.11. The van der Waals surface area contributed by atoms with Gasteiger partial charge in [-0.25, -0.2) is 0 Å². The average Bonchev–Trinajstić information content (AvgIpc) is 3.09. The van der Waals surface area contributed by atoms with Crippen molar-refractivity contribution in [1.29, 1.82) is 0 Å². The van der Waals surface area contributed by atoms with Gasteiger partial charge in [0.15, 0.2) is 0 Å². The molecule has 0 spiro atoms. The largest absolute Gasteiger partial charge is 0.489 e. The van der Waals surface area contributed by atoms with Crippen LogP contribution in [-0.2, 0) is 17.9 Å². The van der Waals surface area contributed by atoms with Crippen molar-refractivity contribution in [3.05, 3.63) is 64.7 Å². The predicted molar refractivity (Wildman–Crippen MR) is 100 cm³/mol. The Morgan fingerprint density at radius 3 is 2.42 bits per heavy atom. The molecule has 1 aliphatic rings. The lowest BCUT2D eigenvalue weighted by atomic mass is 10.2. The van der Waals surface area contributed by atoms with Gasteiger partial charge in [-0.05, 0) is 48.2 Å². The first-order valence-electron chi connectivity index (χ1n) is 8.08. The molecule has 1 aliphatic heterocycles. The minimum absolute atomic E-state index is 0. The van der Waals surface area contributed by atoms with Gasteiger partial charge >= 0.3 is 0 Å². The number of benzene rings is 2. The van der Waals surface area contributed by atoms with Crippen molar-refractivity contribution in [3.8, 4) is 5.75 Å². The van der Waals surface area contributed by atoms with Gasteiger partial charge in [-0.1, -0.05) is 35.9 Å². The maximum atomic E-state index is 5.87. The molecule has 1 N–H and O–H groups in total. The Hall–Kier alpha value is -1.26. The third-order valence-corrected chi connectivity index (χ3v) is 4.22. The normalized spacial score (nSPS) is 16.6. The molecule has 1 unspecified atom stereocenters. The first kappa shape index (κ1) is 19.1. The third kappa shape index (κ3) is 5.99. The minimum atomic E-state index is 0. The number of ether oxygens (including phenoxy) is 2. The third-order valence-electron chi connectivity index (χ3n) is 3.97. The first-order chi connectivity index (χ1) is 11.3. The van der Waals surface area contributed by atoms with Crippen LogP contribution in [0.15, 0.2) is 48.5 Å². The molecule has 1 heterocycles. The SMILES string of the molecule is Cl.Clc1ccc(COc2ccc(CNCC3CCCO3)cc2)cc1. The van der Waals surface area contributed by atoms with Gasteiger partial charge in [0.2, 0.25) is 0 Å². The van der Waals surface area contributed by atoms with Crippen LogP contribution in [0.1, 0.15) is 24.0 Å². The van der Waals surface area contributed by atoms with E-state index in [1.807, 2.05) is 36.4 Å². The number of hydrogen-bond donors (Lipinski definition) is 1. The van der Waals surface area contributed by atoms with Crippen LogP contribution in [-0.4, -0.2) is 19.3 Å². The number of rotatable bonds is 7. The maximum absolute atomic E-state index is 5.87. The highest BCUT2D eigenvalue weighted by atomic mass is 35.5. The molecule has 2 aromatic rings. The molecule has 24 heavy (non-hydrogen) atoms. The Kier molecular flexibility index (Phi) is 7.86. The van der Waals surface area contributed by atoms with Gasteiger partial charge in [-0.2, -0.15) is 0 Å². The molecule has 0 bridgehead atoms. The van der Waals surface area contributed by atoms with E-state index in [0.717, 1.165) is 36.0 Å². The molecule has 2 aromatic carbocycles. The topological polar surface area (TPSA) is 30.5 Å². The van der Waals surface area contributed by atoms with E-state index in [1.165, 1.54) is 18.4 Å². The zero-order chi connectivity index (χ0) is 15.9. The van der Waals surface area contributed by atoms with Crippen molar-refractivity contribution in [1.82, 2.24) is 5.32 Å². The summed E-state index contributed by atoms with van der Waals surface area (Å²) in [6.07, 6.45) is 2.74. The van der Waals surface area contributed by atoms with E-state index in [0.29, 0.717) is 12.7 Å². The summed E-state index contributed by atoms with van der Waals surface area (Å²) in [4.78, 5) is 0. The molecule has 3 rings (SSSR count). The zero-order valence-electron chi connectivity index (χ0n) is 13.5.